The van der Waals surface area contributed by atoms with Gasteiger partial charge in [0.2, 0.25) is 0 Å². The maximum absolute atomic E-state index is 13.1. The number of rotatable bonds is 9. The van der Waals surface area contributed by atoms with Crippen molar-refractivity contribution >= 4 is 31.6 Å². The maximum Gasteiger partial charge on any atom is 1.00 e. The van der Waals surface area contributed by atoms with Gasteiger partial charge in [-0.15, -0.1) is 5.11 Å². The summed E-state index contributed by atoms with van der Waals surface area (Å²) in [5, 5.41) is 34.7. The first-order valence-corrected chi connectivity index (χ1v) is 21.2. The van der Waals surface area contributed by atoms with Crippen molar-refractivity contribution in [1.82, 2.24) is 14.8 Å². The molecule has 0 bridgehead atoms. The number of aromatic nitrogens is 2. The molecule has 5 aliphatic rings. The summed E-state index contributed by atoms with van der Waals surface area (Å²) in [5.74, 6) is -1.71. The predicted molar refractivity (Wildman–Crippen MR) is 182 cm³/mol. The molecule has 4 aliphatic carbocycles. The number of hydrogen-bond acceptors (Lipinski definition) is 14. The van der Waals surface area contributed by atoms with E-state index in [1.807, 2.05) is 0 Å². The second kappa shape index (κ2) is 18.6. The number of nitrogens with one attached hydrogen (secondary N) is 1. The molecular formula is C32H50N8Na2O8S2. The summed E-state index contributed by atoms with van der Waals surface area (Å²) in [4.78, 5) is 13.1. The fourth-order valence-corrected chi connectivity index (χ4v) is 11.6. The number of aliphatic hydroxyl groups is 1. The number of nitrogens with zero attached hydrogens (tertiary/aromatic N) is 7. The molecule has 1 aromatic rings. The molecule has 20 heteroatoms. The third-order valence-corrected chi connectivity index (χ3v) is 14.4. The normalized spacial score (nSPS) is 32.9. The Morgan fingerprint density at radius 2 is 1.23 bits per heavy atom. The van der Waals surface area contributed by atoms with Crippen LogP contribution >= 0.6 is 0 Å². The van der Waals surface area contributed by atoms with Crippen LogP contribution in [0.15, 0.2) is 30.4 Å². The van der Waals surface area contributed by atoms with Gasteiger partial charge in [-0.1, -0.05) is 38.5 Å². The summed E-state index contributed by atoms with van der Waals surface area (Å²) in [6.45, 7) is 3.50. The van der Waals surface area contributed by atoms with Crippen molar-refractivity contribution in [3.05, 3.63) is 16.0 Å². The van der Waals surface area contributed by atoms with Crippen molar-refractivity contribution < 1.29 is 90.2 Å². The van der Waals surface area contributed by atoms with E-state index in [-0.39, 0.29) is 108 Å². The van der Waals surface area contributed by atoms with E-state index in [4.69, 9.17) is 0 Å². The number of aryl methyl sites for hydroxylation is 1. The molecule has 16 nitrogen and oxygen atoms in total. The molecule has 0 aromatic carbocycles. The molecule has 2 heterocycles. The van der Waals surface area contributed by atoms with Gasteiger partial charge in [0.15, 0.2) is 18.0 Å². The van der Waals surface area contributed by atoms with Gasteiger partial charge in [0, 0.05) is 0 Å². The van der Waals surface area contributed by atoms with Crippen LogP contribution in [0.25, 0.3) is 0 Å². The number of hydrazone groups is 1. The molecule has 1 aromatic heterocycles. The minimum Gasteiger partial charge on any atom is -0.748 e. The molecule has 4 saturated carbocycles. The largest absolute Gasteiger partial charge is 1.00 e. The summed E-state index contributed by atoms with van der Waals surface area (Å²) in [6.07, 6.45) is 9.86. The zero-order chi connectivity index (χ0) is 35.8. The quantitative estimate of drug-likeness (QED) is 0.167. The third kappa shape index (κ3) is 10.1. The minimum atomic E-state index is -4.91. The summed E-state index contributed by atoms with van der Waals surface area (Å²) in [6, 6.07) is -1.81. The topological polar surface area (TPSA) is 237 Å². The van der Waals surface area contributed by atoms with Crippen LogP contribution in [0, 0.1) is 18.8 Å². The third-order valence-electron chi connectivity index (χ3n) is 11.8. The smallest absolute Gasteiger partial charge is 0.748 e. The Hall–Kier alpha value is -0.540. The maximum atomic E-state index is 13.1. The number of hydrogen-bond donors (Lipinski definition) is 2. The van der Waals surface area contributed by atoms with Crippen molar-refractivity contribution in [3.8, 4) is 0 Å². The Bertz CT molecular complexity index is 1740. The summed E-state index contributed by atoms with van der Waals surface area (Å²) in [5.41, 5.74) is 1.02. The molecule has 0 radical (unpaired) electrons. The Kier molecular flexibility index (Phi) is 15.8. The van der Waals surface area contributed by atoms with E-state index in [0.29, 0.717) is 24.2 Å². The van der Waals surface area contributed by atoms with Gasteiger partial charge in [0.05, 0.1) is 66.3 Å². The van der Waals surface area contributed by atoms with Crippen LogP contribution in [-0.2, 0) is 20.2 Å². The first-order valence-electron chi connectivity index (χ1n) is 18.2. The van der Waals surface area contributed by atoms with Crippen molar-refractivity contribution in [2.24, 2.45) is 37.4 Å². The van der Waals surface area contributed by atoms with Crippen LogP contribution in [0.4, 0.5) is 5.69 Å². The van der Waals surface area contributed by atoms with Gasteiger partial charge in [-0.3, -0.25) is 14.9 Å². The van der Waals surface area contributed by atoms with Gasteiger partial charge in [0.1, 0.15) is 0 Å². The van der Waals surface area contributed by atoms with Gasteiger partial charge >= 0.3 is 59.1 Å². The van der Waals surface area contributed by atoms with E-state index in [9.17, 15) is 35.8 Å². The summed E-state index contributed by atoms with van der Waals surface area (Å²) >= 11 is 0. The molecule has 280 valence electrons. The molecular weight excluding hydrogens is 735 g/mol. The minimum absolute atomic E-state index is 0. The predicted octanol–water partition coefficient (Wildman–Crippen LogP) is -1.59. The first kappa shape index (κ1) is 44.2. The van der Waals surface area contributed by atoms with Crippen molar-refractivity contribution in [2.75, 3.05) is 0 Å². The van der Waals surface area contributed by atoms with E-state index in [1.165, 1.54) is 0 Å². The molecule has 52 heavy (non-hydrogen) atoms. The van der Waals surface area contributed by atoms with Crippen LogP contribution in [-0.4, -0.2) is 92.4 Å². The van der Waals surface area contributed by atoms with Crippen LogP contribution in [0.3, 0.4) is 0 Å². The van der Waals surface area contributed by atoms with Crippen LogP contribution in [0.5, 0.6) is 0 Å². The zero-order valence-electron chi connectivity index (χ0n) is 30.8. The SMILES string of the molecule is CC1=NN(C2CCCCC2)C(O)C1N=NC1CCC(C2CCC(N=Nc3c(C)[nH]n(C4CCCCC4)c3=O)CC2S(=O)(=O)[O-])C(S(=O)(=O)[O-])C1.[Na+].[Na+]. The number of aromatic amines is 1. The van der Waals surface area contributed by atoms with E-state index in [1.54, 1.807) is 23.5 Å². The Labute approximate surface area is 350 Å². The molecule has 4 fully saturated rings. The van der Waals surface area contributed by atoms with Gasteiger partial charge in [-0.25, -0.2) is 21.5 Å². The Balaban J connectivity index is 0.00000302. The van der Waals surface area contributed by atoms with Crippen molar-refractivity contribution in [3.63, 3.8) is 0 Å². The average Bonchev–Trinajstić information content (AvgIpc) is 3.54. The molecule has 0 amide bonds. The molecule has 2 N–H and O–H groups in total. The van der Waals surface area contributed by atoms with Crippen LogP contribution < -0.4 is 64.7 Å². The van der Waals surface area contributed by atoms with E-state index >= 15 is 0 Å². The molecule has 0 saturated heterocycles. The second-order valence-corrected chi connectivity index (χ2v) is 18.3. The van der Waals surface area contributed by atoms with E-state index in [2.05, 4.69) is 30.7 Å². The van der Waals surface area contributed by atoms with E-state index < -0.39 is 66.9 Å². The van der Waals surface area contributed by atoms with Crippen LogP contribution in [0.2, 0.25) is 0 Å². The second-order valence-electron chi connectivity index (χ2n) is 15.1. The molecule has 6 rings (SSSR count). The van der Waals surface area contributed by atoms with Crippen molar-refractivity contribution in [1.29, 1.82) is 0 Å². The summed E-state index contributed by atoms with van der Waals surface area (Å²) < 4.78 is 77.4. The number of H-pyrrole nitrogens is 1. The first-order chi connectivity index (χ1) is 23.7. The van der Waals surface area contributed by atoms with E-state index in [0.717, 1.165) is 64.2 Å². The molecule has 0 spiro atoms. The zero-order valence-corrected chi connectivity index (χ0v) is 36.5. The average molecular weight is 785 g/mol. The van der Waals surface area contributed by atoms with Crippen LogP contribution in [0.1, 0.15) is 121 Å². The summed E-state index contributed by atoms with van der Waals surface area (Å²) in [7, 11) is -9.80. The number of azo groups is 2. The Morgan fingerprint density at radius 1 is 0.731 bits per heavy atom. The molecule has 1 aliphatic heterocycles. The molecule has 8 unspecified atom stereocenters. The fourth-order valence-electron chi connectivity index (χ4n) is 9.14. The van der Waals surface area contributed by atoms with Gasteiger partial charge in [-0.2, -0.15) is 20.4 Å². The number of aliphatic hydroxyl groups excluding tert-OH is 1. The van der Waals surface area contributed by atoms with Gasteiger partial charge in [-0.05, 0) is 89.9 Å². The standard InChI is InChI=1S/C32H52N8O8S2.2Na/c1-19-29(31(41)39(37-19)23-9-5-3-6-10-23)35-33-21-13-15-25(27(17-21)49(43,44)45)26-16-14-22(18-28(26)50(46,47)48)34-36-30-20(2)38-40(32(30)42)24-11-7-4-8-12-24;;/h21-29,31,38,41H,3-18H2,1-2H3,(H,43,44,45)(H,46,47,48);;/q;2*+1/p-2. The van der Waals surface area contributed by atoms with Crippen molar-refractivity contribution in [2.45, 2.75) is 164 Å². The van der Waals surface area contributed by atoms with Gasteiger partial charge in [0.25, 0.3) is 5.56 Å². The Morgan fingerprint density at radius 3 is 1.75 bits per heavy atom. The fraction of sp³-hybridized carbons (Fsp3) is 0.875. The van der Waals surface area contributed by atoms with Gasteiger partial charge < -0.3 is 14.2 Å². The molecule has 8 atom stereocenters. The monoisotopic (exact) mass is 784 g/mol.